The molecule has 0 aliphatic rings. The Kier molecular flexibility index (Phi) is 6.10. The van der Waals surface area contributed by atoms with Crippen LogP contribution in [0.4, 0.5) is 11.4 Å². The highest BCUT2D eigenvalue weighted by molar-refractivity contribution is 5.99. The van der Waals surface area contributed by atoms with Gasteiger partial charge in [0.15, 0.2) is 0 Å². The largest absolute Gasteiger partial charge is 0.399 e. The van der Waals surface area contributed by atoms with Crippen LogP contribution in [0.25, 0.3) is 0 Å². The monoisotopic (exact) mass is 294 g/mol. The molecule has 0 aromatic heterocycles. The smallest absolute Gasteiger partial charge is 0.282 e. The second-order valence-electron chi connectivity index (χ2n) is 5.08. The summed E-state index contributed by atoms with van der Waals surface area (Å²) in [6.45, 7) is 3.76. The minimum absolute atomic E-state index is 0.0479. The highest BCUT2D eigenvalue weighted by atomic mass is 16.6. The van der Waals surface area contributed by atoms with E-state index in [0.29, 0.717) is 18.8 Å². The Balaban J connectivity index is 2.94. The van der Waals surface area contributed by atoms with E-state index in [1.54, 1.807) is 4.90 Å². The fourth-order valence-electron chi connectivity index (χ4n) is 2.04. The average Bonchev–Trinajstić information content (AvgIpc) is 2.42. The number of nitro groups is 1. The summed E-state index contributed by atoms with van der Waals surface area (Å²) in [4.78, 5) is 26.6. The van der Waals surface area contributed by atoms with Crippen LogP contribution >= 0.6 is 0 Å². The van der Waals surface area contributed by atoms with E-state index >= 15 is 0 Å². The molecule has 116 valence electrons. The van der Waals surface area contributed by atoms with E-state index in [0.717, 1.165) is 13.0 Å². The molecule has 21 heavy (non-hydrogen) atoms. The van der Waals surface area contributed by atoms with E-state index in [1.165, 1.54) is 18.2 Å². The van der Waals surface area contributed by atoms with Gasteiger partial charge in [0.2, 0.25) is 0 Å². The van der Waals surface area contributed by atoms with Crippen molar-refractivity contribution in [2.45, 2.75) is 13.3 Å². The van der Waals surface area contributed by atoms with Crippen molar-refractivity contribution in [1.82, 2.24) is 9.80 Å². The average molecular weight is 294 g/mol. The summed E-state index contributed by atoms with van der Waals surface area (Å²) in [5.74, 6) is -0.352. The van der Waals surface area contributed by atoms with Gasteiger partial charge in [0.1, 0.15) is 5.56 Å². The molecule has 1 aromatic carbocycles. The third-order valence-electron chi connectivity index (χ3n) is 3.15. The molecule has 0 heterocycles. The topological polar surface area (TPSA) is 92.7 Å². The number of nitro benzene ring substituents is 1. The molecule has 1 amide bonds. The lowest BCUT2D eigenvalue weighted by Gasteiger charge is -2.22. The molecular formula is C14H22N4O3. The summed E-state index contributed by atoms with van der Waals surface area (Å²) in [5, 5.41) is 11.0. The molecule has 1 rings (SSSR count). The van der Waals surface area contributed by atoms with Crippen molar-refractivity contribution < 1.29 is 9.72 Å². The normalized spacial score (nSPS) is 10.7. The summed E-state index contributed by atoms with van der Waals surface area (Å²) in [5.41, 5.74) is 5.83. The Hall–Kier alpha value is -2.15. The van der Waals surface area contributed by atoms with Crippen molar-refractivity contribution in [2.24, 2.45) is 0 Å². The molecule has 0 aliphatic carbocycles. The molecule has 0 atom stereocenters. The quantitative estimate of drug-likeness (QED) is 0.468. The van der Waals surface area contributed by atoms with Gasteiger partial charge >= 0.3 is 0 Å². The van der Waals surface area contributed by atoms with Gasteiger partial charge in [-0.25, -0.2) is 0 Å². The second kappa shape index (κ2) is 7.58. The van der Waals surface area contributed by atoms with Crippen LogP contribution in [0.3, 0.4) is 0 Å². The Morgan fingerprint density at radius 1 is 1.33 bits per heavy atom. The predicted molar refractivity (Wildman–Crippen MR) is 82.3 cm³/mol. The molecule has 0 saturated heterocycles. The maximum atomic E-state index is 12.5. The highest BCUT2D eigenvalue weighted by Gasteiger charge is 2.24. The third kappa shape index (κ3) is 4.71. The summed E-state index contributed by atoms with van der Waals surface area (Å²) >= 11 is 0. The van der Waals surface area contributed by atoms with Crippen molar-refractivity contribution in [1.29, 1.82) is 0 Å². The van der Waals surface area contributed by atoms with E-state index < -0.39 is 4.92 Å². The molecule has 0 fully saturated rings. The minimum Gasteiger partial charge on any atom is -0.399 e. The first-order valence-electron chi connectivity index (χ1n) is 6.84. The molecule has 7 heteroatoms. The first-order chi connectivity index (χ1) is 9.86. The Morgan fingerprint density at radius 3 is 2.52 bits per heavy atom. The number of nitrogens with zero attached hydrogens (tertiary/aromatic N) is 3. The van der Waals surface area contributed by atoms with E-state index in [9.17, 15) is 14.9 Å². The van der Waals surface area contributed by atoms with Crippen LogP contribution in [0.1, 0.15) is 23.7 Å². The zero-order chi connectivity index (χ0) is 16.0. The van der Waals surface area contributed by atoms with Gasteiger partial charge in [-0.2, -0.15) is 0 Å². The Labute approximate surface area is 124 Å². The molecular weight excluding hydrogens is 272 g/mol. The molecule has 0 aliphatic heterocycles. The molecule has 0 spiro atoms. The number of carbonyl (C=O) groups is 1. The van der Waals surface area contributed by atoms with E-state index in [2.05, 4.69) is 0 Å². The van der Waals surface area contributed by atoms with Gasteiger partial charge in [-0.3, -0.25) is 14.9 Å². The molecule has 1 aromatic rings. The highest BCUT2D eigenvalue weighted by Crippen LogP contribution is 2.22. The first kappa shape index (κ1) is 16.9. The van der Waals surface area contributed by atoms with Crippen LogP contribution in [-0.4, -0.2) is 54.4 Å². The predicted octanol–water partition coefficient (Wildman–Crippen LogP) is 1.59. The molecule has 0 radical (unpaired) electrons. The van der Waals surface area contributed by atoms with E-state index in [1.807, 2.05) is 25.9 Å². The maximum absolute atomic E-state index is 12.5. The lowest BCUT2D eigenvalue weighted by Crippen LogP contribution is -2.33. The van der Waals surface area contributed by atoms with E-state index in [-0.39, 0.29) is 17.2 Å². The SMILES string of the molecule is CCN(CCCN(C)C)C(=O)c1cc(N)ccc1[N+](=O)[O-]. The van der Waals surface area contributed by atoms with Crippen LogP contribution < -0.4 is 5.73 Å². The summed E-state index contributed by atoms with van der Waals surface area (Å²) in [7, 11) is 3.92. The number of anilines is 1. The third-order valence-corrected chi connectivity index (χ3v) is 3.15. The number of nitrogens with two attached hydrogens (primary N) is 1. The van der Waals surface area contributed by atoms with Crippen LogP contribution in [0.2, 0.25) is 0 Å². The lowest BCUT2D eigenvalue weighted by molar-refractivity contribution is -0.385. The van der Waals surface area contributed by atoms with Crippen LogP contribution in [0, 0.1) is 10.1 Å². The fourth-order valence-corrected chi connectivity index (χ4v) is 2.04. The summed E-state index contributed by atoms with van der Waals surface area (Å²) in [6.07, 6.45) is 0.808. The van der Waals surface area contributed by atoms with Crippen molar-refractivity contribution in [2.75, 3.05) is 39.5 Å². The first-order valence-corrected chi connectivity index (χ1v) is 6.84. The number of amides is 1. The van der Waals surface area contributed by atoms with Crippen LogP contribution in [0.5, 0.6) is 0 Å². The van der Waals surface area contributed by atoms with Crippen molar-refractivity contribution >= 4 is 17.3 Å². The zero-order valence-corrected chi connectivity index (χ0v) is 12.7. The van der Waals surface area contributed by atoms with Gasteiger partial charge in [0, 0.05) is 24.8 Å². The number of hydrogen-bond donors (Lipinski definition) is 1. The number of carbonyl (C=O) groups excluding carboxylic acids is 1. The number of hydrogen-bond acceptors (Lipinski definition) is 5. The molecule has 2 N–H and O–H groups in total. The van der Waals surface area contributed by atoms with Gasteiger partial charge in [-0.1, -0.05) is 0 Å². The van der Waals surface area contributed by atoms with Crippen molar-refractivity contribution in [3.8, 4) is 0 Å². The van der Waals surface area contributed by atoms with Crippen LogP contribution in [-0.2, 0) is 0 Å². The molecule has 7 nitrogen and oxygen atoms in total. The maximum Gasteiger partial charge on any atom is 0.282 e. The number of benzene rings is 1. The standard InChI is InChI=1S/C14H22N4O3/c1-4-17(9-5-8-16(2)3)14(19)12-10-11(15)6-7-13(12)18(20)21/h6-7,10H,4-5,8-9,15H2,1-3H3. The zero-order valence-electron chi connectivity index (χ0n) is 12.7. The lowest BCUT2D eigenvalue weighted by atomic mass is 10.1. The van der Waals surface area contributed by atoms with Gasteiger partial charge in [-0.05, 0) is 46.1 Å². The van der Waals surface area contributed by atoms with E-state index in [4.69, 9.17) is 5.73 Å². The van der Waals surface area contributed by atoms with Gasteiger partial charge in [0.05, 0.1) is 4.92 Å². The van der Waals surface area contributed by atoms with Gasteiger partial charge in [-0.15, -0.1) is 0 Å². The van der Waals surface area contributed by atoms with Gasteiger partial charge < -0.3 is 15.5 Å². The molecule has 0 saturated carbocycles. The second-order valence-corrected chi connectivity index (χ2v) is 5.08. The number of rotatable bonds is 7. The summed E-state index contributed by atoms with van der Waals surface area (Å²) in [6, 6.07) is 4.07. The number of nitrogen functional groups attached to an aromatic ring is 1. The van der Waals surface area contributed by atoms with Crippen LogP contribution in [0.15, 0.2) is 18.2 Å². The molecule has 0 unspecified atom stereocenters. The minimum atomic E-state index is -0.555. The van der Waals surface area contributed by atoms with Gasteiger partial charge in [0.25, 0.3) is 11.6 Å². The summed E-state index contributed by atoms with van der Waals surface area (Å²) < 4.78 is 0. The molecule has 0 bridgehead atoms. The van der Waals surface area contributed by atoms with Crippen molar-refractivity contribution in [3.63, 3.8) is 0 Å². The fraction of sp³-hybridized carbons (Fsp3) is 0.500. The Bertz CT molecular complexity index is 517. The Morgan fingerprint density at radius 2 is 2.00 bits per heavy atom. The van der Waals surface area contributed by atoms with Crippen molar-refractivity contribution in [3.05, 3.63) is 33.9 Å².